The lowest BCUT2D eigenvalue weighted by Gasteiger charge is -2.20. The Morgan fingerprint density at radius 3 is 3.00 bits per heavy atom. The van der Waals surface area contributed by atoms with Crippen LogP contribution in [0.2, 0.25) is 0 Å². The van der Waals surface area contributed by atoms with Gasteiger partial charge < -0.3 is 15.3 Å². The van der Waals surface area contributed by atoms with Crippen molar-refractivity contribution in [3.63, 3.8) is 0 Å². The summed E-state index contributed by atoms with van der Waals surface area (Å²) in [5.74, 6) is 0.699. The van der Waals surface area contributed by atoms with E-state index in [0.717, 1.165) is 13.0 Å². The molecule has 0 aliphatic carbocycles. The summed E-state index contributed by atoms with van der Waals surface area (Å²) in [6.07, 6.45) is 3.22. The fourth-order valence-corrected chi connectivity index (χ4v) is 3.28. The maximum atomic E-state index is 12.0. The number of likely N-dealkylation sites (tertiary alicyclic amines) is 1. The highest BCUT2D eigenvalue weighted by Gasteiger charge is 2.22. The molecule has 3 N–H and O–H groups in total. The van der Waals surface area contributed by atoms with Crippen molar-refractivity contribution in [2.24, 2.45) is 4.99 Å². The first-order valence-electron chi connectivity index (χ1n) is 7.64. The molecule has 0 saturated carbocycles. The molecule has 1 aromatic heterocycles. The third-order valence-electron chi connectivity index (χ3n) is 3.41. The lowest BCUT2D eigenvalue weighted by molar-refractivity contribution is 0.188. The fraction of sp³-hybridized carbons (Fsp3) is 0.571. The molecule has 2 heterocycles. The van der Waals surface area contributed by atoms with Crippen LogP contribution >= 0.6 is 0 Å². The van der Waals surface area contributed by atoms with Gasteiger partial charge in [-0.15, -0.1) is 0 Å². The number of hydrogen-bond donors (Lipinski definition) is 3. The maximum Gasteiger partial charge on any atom is 0.242 e. The molecule has 0 aromatic carbocycles. The molecule has 1 aliphatic rings. The molecule has 0 amide bonds. The zero-order valence-corrected chi connectivity index (χ0v) is 14.0. The number of aromatic nitrogens is 1. The Bertz CT molecular complexity index is 621. The van der Waals surface area contributed by atoms with Crippen LogP contribution in [0.25, 0.3) is 0 Å². The molecule has 2 rings (SSSR count). The van der Waals surface area contributed by atoms with Gasteiger partial charge in [0.15, 0.2) is 5.96 Å². The average molecular weight is 341 g/mol. The number of aliphatic imine (C=N–C) groups is 1. The number of pyridine rings is 1. The summed E-state index contributed by atoms with van der Waals surface area (Å²) in [5.41, 5.74) is 0. The number of nitrogens with zero attached hydrogens (tertiary/aromatic N) is 3. The molecule has 0 radical (unpaired) electrons. The van der Waals surface area contributed by atoms with Gasteiger partial charge in [-0.2, -0.15) is 0 Å². The summed E-state index contributed by atoms with van der Waals surface area (Å²) in [6, 6.07) is 3.07. The molecule has 9 heteroatoms. The van der Waals surface area contributed by atoms with Crippen LogP contribution in [0.3, 0.4) is 0 Å². The SMILES string of the molecule is CCNC(=NCCNS(=O)(=O)c1cccnc1)N1CC[C@@H](O)C1. The maximum absolute atomic E-state index is 12.0. The molecule has 0 unspecified atom stereocenters. The van der Waals surface area contributed by atoms with Gasteiger partial charge in [0.25, 0.3) is 0 Å². The molecule has 23 heavy (non-hydrogen) atoms. The van der Waals surface area contributed by atoms with Crippen LogP contribution in [0.4, 0.5) is 0 Å². The Labute approximate surface area is 136 Å². The van der Waals surface area contributed by atoms with Gasteiger partial charge in [0.1, 0.15) is 4.90 Å². The molecule has 1 aliphatic heterocycles. The topological polar surface area (TPSA) is 107 Å². The zero-order chi connectivity index (χ0) is 16.7. The highest BCUT2D eigenvalue weighted by Crippen LogP contribution is 2.08. The lowest BCUT2D eigenvalue weighted by atomic mass is 10.3. The molecule has 1 fully saturated rings. The smallest absolute Gasteiger partial charge is 0.242 e. The molecule has 128 valence electrons. The normalized spacial score (nSPS) is 19.1. The van der Waals surface area contributed by atoms with Crippen LogP contribution in [0, 0.1) is 0 Å². The van der Waals surface area contributed by atoms with E-state index in [0.29, 0.717) is 25.6 Å². The first-order valence-corrected chi connectivity index (χ1v) is 9.12. The van der Waals surface area contributed by atoms with Gasteiger partial charge in [-0.05, 0) is 25.5 Å². The summed E-state index contributed by atoms with van der Waals surface area (Å²) in [5, 5.41) is 12.8. The fourth-order valence-electron chi connectivity index (χ4n) is 2.29. The number of β-amino-alcohol motifs (C(OH)–C–C–N with tert-alkyl or cyclic N) is 1. The summed E-state index contributed by atoms with van der Waals surface area (Å²) in [7, 11) is -3.55. The van der Waals surface area contributed by atoms with E-state index in [1.54, 1.807) is 6.07 Å². The van der Waals surface area contributed by atoms with Gasteiger partial charge in [0.05, 0.1) is 12.6 Å². The Kier molecular flexibility index (Phi) is 6.31. The minimum atomic E-state index is -3.55. The van der Waals surface area contributed by atoms with Crippen LogP contribution in [-0.4, -0.2) is 68.2 Å². The minimum Gasteiger partial charge on any atom is -0.391 e. The second-order valence-electron chi connectivity index (χ2n) is 5.21. The first-order chi connectivity index (χ1) is 11.0. The Hall–Kier alpha value is -1.71. The van der Waals surface area contributed by atoms with E-state index < -0.39 is 10.0 Å². The first kappa shape index (κ1) is 17.6. The van der Waals surface area contributed by atoms with Gasteiger partial charge in [-0.25, -0.2) is 13.1 Å². The quantitative estimate of drug-likeness (QED) is 0.362. The summed E-state index contributed by atoms with van der Waals surface area (Å²) in [4.78, 5) is 10.3. The Morgan fingerprint density at radius 1 is 1.57 bits per heavy atom. The number of guanidine groups is 1. The van der Waals surface area contributed by atoms with E-state index in [1.165, 1.54) is 18.5 Å². The van der Waals surface area contributed by atoms with E-state index in [-0.39, 0.29) is 17.5 Å². The van der Waals surface area contributed by atoms with Crippen LogP contribution < -0.4 is 10.0 Å². The highest BCUT2D eigenvalue weighted by atomic mass is 32.2. The third kappa shape index (κ3) is 5.15. The second-order valence-corrected chi connectivity index (χ2v) is 6.98. The van der Waals surface area contributed by atoms with Crippen LogP contribution in [0.1, 0.15) is 13.3 Å². The second kappa shape index (κ2) is 8.23. The molecule has 1 saturated heterocycles. The van der Waals surface area contributed by atoms with Gasteiger partial charge in [0.2, 0.25) is 10.0 Å². The summed E-state index contributed by atoms with van der Waals surface area (Å²) in [6.45, 7) is 4.48. The monoisotopic (exact) mass is 341 g/mol. The van der Waals surface area contributed by atoms with Crippen molar-refractivity contribution in [3.8, 4) is 0 Å². The number of nitrogens with one attached hydrogen (secondary N) is 2. The van der Waals surface area contributed by atoms with Gasteiger partial charge >= 0.3 is 0 Å². The summed E-state index contributed by atoms with van der Waals surface area (Å²) < 4.78 is 26.6. The minimum absolute atomic E-state index is 0.138. The van der Waals surface area contributed by atoms with Crippen molar-refractivity contribution in [1.29, 1.82) is 0 Å². The van der Waals surface area contributed by atoms with Crippen molar-refractivity contribution >= 4 is 16.0 Å². The van der Waals surface area contributed by atoms with Crippen molar-refractivity contribution in [1.82, 2.24) is 19.9 Å². The standard InChI is InChI=1S/C14H23N5O3S/c1-2-16-14(19-9-5-12(20)11-19)17-7-8-18-23(21,22)13-4-3-6-15-10-13/h3-4,6,10,12,18,20H,2,5,7-9,11H2,1H3,(H,16,17)/t12-/m1/s1. The summed E-state index contributed by atoms with van der Waals surface area (Å²) >= 11 is 0. The van der Waals surface area contributed by atoms with Crippen LogP contribution in [0.15, 0.2) is 34.4 Å². The van der Waals surface area contributed by atoms with Crippen molar-refractivity contribution in [2.75, 3.05) is 32.7 Å². The molecule has 1 atom stereocenters. The van der Waals surface area contributed by atoms with Gasteiger partial charge in [0, 0.05) is 38.6 Å². The van der Waals surface area contributed by atoms with E-state index in [1.807, 2.05) is 11.8 Å². The molecule has 8 nitrogen and oxygen atoms in total. The van der Waals surface area contributed by atoms with Crippen molar-refractivity contribution < 1.29 is 13.5 Å². The molecule has 0 spiro atoms. The Morgan fingerprint density at radius 2 is 2.39 bits per heavy atom. The number of sulfonamides is 1. The largest absolute Gasteiger partial charge is 0.391 e. The average Bonchev–Trinajstić information content (AvgIpc) is 2.97. The number of hydrogen-bond acceptors (Lipinski definition) is 5. The van der Waals surface area contributed by atoms with E-state index in [9.17, 15) is 13.5 Å². The Balaban J connectivity index is 1.89. The molecule has 0 bridgehead atoms. The molecular weight excluding hydrogens is 318 g/mol. The van der Waals surface area contributed by atoms with Crippen LogP contribution in [-0.2, 0) is 10.0 Å². The number of aliphatic hydroxyl groups is 1. The lowest BCUT2D eigenvalue weighted by Crippen LogP contribution is -2.41. The van der Waals surface area contributed by atoms with Crippen molar-refractivity contribution in [3.05, 3.63) is 24.5 Å². The highest BCUT2D eigenvalue weighted by molar-refractivity contribution is 7.89. The number of aliphatic hydroxyl groups excluding tert-OH is 1. The predicted octanol–water partition coefficient (Wildman–Crippen LogP) is -0.608. The number of rotatable bonds is 6. The molecule has 1 aromatic rings. The van der Waals surface area contributed by atoms with Gasteiger partial charge in [-0.1, -0.05) is 0 Å². The molecular formula is C14H23N5O3S. The van der Waals surface area contributed by atoms with Crippen LogP contribution in [0.5, 0.6) is 0 Å². The van der Waals surface area contributed by atoms with E-state index in [2.05, 4.69) is 20.0 Å². The zero-order valence-electron chi connectivity index (χ0n) is 13.1. The van der Waals surface area contributed by atoms with Crippen molar-refractivity contribution in [2.45, 2.75) is 24.3 Å². The van der Waals surface area contributed by atoms with Gasteiger partial charge in [-0.3, -0.25) is 9.98 Å². The van der Waals surface area contributed by atoms with E-state index in [4.69, 9.17) is 0 Å². The van der Waals surface area contributed by atoms with E-state index >= 15 is 0 Å². The predicted molar refractivity (Wildman–Crippen MR) is 87.6 cm³/mol. The third-order valence-corrected chi connectivity index (χ3v) is 4.85.